The molecule has 3 aromatic rings. The van der Waals surface area contributed by atoms with E-state index in [1.165, 1.54) is 12.1 Å². The first-order chi connectivity index (χ1) is 18.4. The number of halogens is 1. The lowest BCUT2D eigenvalue weighted by molar-refractivity contribution is -0.123. The van der Waals surface area contributed by atoms with Crippen LogP contribution < -0.4 is 24.5 Å². The molecule has 38 heavy (non-hydrogen) atoms. The fourth-order valence-electron chi connectivity index (χ4n) is 4.98. The lowest BCUT2D eigenvalue weighted by atomic mass is 9.90. The van der Waals surface area contributed by atoms with Crippen LogP contribution in [0.25, 0.3) is 0 Å². The number of hydrogen-bond donors (Lipinski definition) is 1. The molecular formula is C28H26BrN3O6. The molecule has 0 spiro atoms. The number of ether oxygens (including phenoxy) is 3. The number of nitrogens with zero attached hydrogens (tertiary/aromatic N) is 2. The summed E-state index contributed by atoms with van der Waals surface area (Å²) in [5.41, 5.74) is 4.56. The van der Waals surface area contributed by atoms with Crippen LogP contribution in [-0.4, -0.2) is 49.6 Å². The molecule has 2 saturated heterocycles. The Labute approximate surface area is 228 Å². The Hall–Kier alpha value is -3.89. The number of carbonyl (C=O) groups is 3. The first-order valence-electron chi connectivity index (χ1n) is 12.1. The molecule has 0 aromatic heterocycles. The van der Waals surface area contributed by atoms with Gasteiger partial charge in [0, 0.05) is 21.7 Å². The number of rotatable bonds is 7. The van der Waals surface area contributed by atoms with Gasteiger partial charge in [0.1, 0.15) is 23.3 Å². The second-order valence-corrected chi connectivity index (χ2v) is 9.73. The smallest absolute Gasteiger partial charge is 0.268 e. The van der Waals surface area contributed by atoms with E-state index in [0.717, 1.165) is 9.37 Å². The summed E-state index contributed by atoms with van der Waals surface area (Å²) in [6, 6.07) is 17.1. The maximum atomic E-state index is 13.9. The van der Waals surface area contributed by atoms with Gasteiger partial charge in [-0.1, -0.05) is 22.0 Å². The number of imide groups is 1. The van der Waals surface area contributed by atoms with E-state index in [1.54, 1.807) is 73.8 Å². The first-order valence-corrected chi connectivity index (χ1v) is 12.8. The van der Waals surface area contributed by atoms with Crippen LogP contribution in [-0.2, 0) is 9.59 Å². The lowest BCUT2D eigenvalue weighted by Crippen LogP contribution is -2.48. The van der Waals surface area contributed by atoms with E-state index in [1.807, 2.05) is 6.92 Å². The molecule has 2 aliphatic rings. The third kappa shape index (κ3) is 4.39. The van der Waals surface area contributed by atoms with Crippen LogP contribution in [0.3, 0.4) is 0 Å². The van der Waals surface area contributed by atoms with Gasteiger partial charge in [-0.2, -0.15) is 0 Å². The van der Waals surface area contributed by atoms with Gasteiger partial charge in [0.05, 0.1) is 38.5 Å². The molecule has 3 amide bonds. The Morgan fingerprint density at radius 1 is 0.947 bits per heavy atom. The highest BCUT2D eigenvalue weighted by Crippen LogP contribution is 2.45. The predicted octanol–water partition coefficient (Wildman–Crippen LogP) is 4.12. The van der Waals surface area contributed by atoms with Crippen LogP contribution in [0.5, 0.6) is 17.2 Å². The molecular weight excluding hydrogens is 554 g/mol. The number of nitrogens with one attached hydrogen (secondary N) is 1. The minimum Gasteiger partial charge on any atom is -0.497 e. The normalized spacial score (nSPS) is 20.5. The van der Waals surface area contributed by atoms with Gasteiger partial charge < -0.3 is 14.2 Å². The van der Waals surface area contributed by atoms with Crippen molar-refractivity contribution in [2.24, 2.45) is 5.92 Å². The number of methoxy groups -OCH3 is 2. The van der Waals surface area contributed by atoms with Gasteiger partial charge in [-0.25, -0.2) is 10.3 Å². The molecule has 0 unspecified atom stereocenters. The molecule has 2 aliphatic heterocycles. The highest BCUT2D eigenvalue weighted by Gasteiger charge is 2.60. The zero-order chi connectivity index (χ0) is 27.0. The number of hydrazine groups is 1. The number of fused-ring (bicyclic) bond motifs is 1. The van der Waals surface area contributed by atoms with E-state index in [2.05, 4.69) is 21.4 Å². The van der Waals surface area contributed by atoms with Crippen molar-refractivity contribution in [3.05, 3.63) is 82.3 Å². The van der Waals surface area contributed by atoms with Gasteiger partial charge in [-0.3, -0.25) is 19.4 Å². The van der Waals surface area contributed by atoms with E-state index in [4.69, 9.17) is 14.2 Å². The van der Waals surface area contributed by atoms with Crippen LogP contribution in [0.15, 0.2) is 71.2 Å². The number of anilines is 1. The Kier molecular flexibility index (Phi) is 7.09. The van der Waals surface area contributed by atoms with Gasteiger partial charge in [0.15, 0.2) is 0 Å². The molecule has 3 aromatic carbocycles. The van der Waals surface area contributed by atoms with Gasteiger partial charge in [-0.05, 0) is 61.5 Å². The van der Waals surface area contributed by atoms with Crippen LogP contribution in [0.2, 0.25) is 0 Å². The maximum absolute atomic E-state index is 13.9. The fourth-order valence-corrected chi connectivity index (χ4v) is 5.38. The van der Waals surface area contributed by atoms with Gasteiger partial charge in [-0.15, -0.1) is 0 Å². The van der Waals surface area contributed by atoms with Crippen molar-refractivity contribution in [1.82, 2.24) is 10.4 Å². The quantitative estimate of drug-likeness (QED) is 0.420. The molecule has 9 nitrogen and oxygen atoms in total. The van der Waals surface area contributed by atoms with Gasteiger partial charge in [0.25, 0.3) is 11.8 Å². The van der Waals surface area contributed by atoms with E-state index < -0.39 is 35.7 Å². The van der Waals surface area contributed by atoms with Crippen molar-refractivity contribution in [3.63, 3.8) is 0 Å². The van der Waals surface area contributed by atoms with E-state index in [9.17, 15) is 14.4 Å². The standard InChI is InChI=1S/C28H26BrN3O6/c1-4-38-19-10-8-18(9-11-19)31-27(34)23-24(21-13-12-20(36-2)15-22(21)37-3)30-32(25(23)28(31)35)26(33)16-6-5-7-17(29)14-16/h5-15,23-25,30H,4H2,1-3H3/t23-,24+,25-/m1/s1. The highest BCUT2D eigenvalue weighted by molar-refractivity contribution is 9.10. The van der Waals surface area contributed by atoms with Crippen LogP contribution >= 0.6 is 15.9 Å². The number of amides is 3. The zero-order valence-electron chi connectivity index (χ0n) is 21.0. The van der Waals surface area contributed by atoms with Crippen LogP contribution in [0, 0.1) is 5.92 Å². The Morgan fingerprint density at radius 2 is 1.68 bits per heavy atom. The van der Waals surface area contributed by atoms with Crippen LogP contribution in [0.4, 0.5) is 5.69 Å². The summed E-state index contributed by atoms with van der Waals surface area (Å²) in [7, 11) is 3.06. The largest absolute Gasteiger partial charge is 0.497 e. The average Bonchev–Trinajstić information content (AvgIpc) is 3.44. The molecule has 10 heteroatoms. The first kappa shape index (κ1) is 25.7. The zero-order valence-corrected chi connectivity index (χ0v) is 22.6. The number of benzene rings is 3. The van der Waals surface area contributed by atoms with Gasteiger partial charge >= 0.3 is 0 Å². The monoisotopic (exact) mass is 579 g/mol. The molecule has 1 N–H and O–H groups in total. The third-order valence-electron chi connectivity index (χ3n) is 6.71. The molecule has 0 bridgehead atoms. The molecule has 0 saturated carbocycles. The summed E-state index contributed by atoms with van der Waals surface area (Å²) in [5.74, 6) is -0.536. The van der Waals surface area contributed by atoms with Crippen molar-refractivity contribution >= 4 is 39.3 Å². The molecule has 0 aliphatic carbocycles. The predicted molar refractivity (Wildman–Crippen MR) is 143 cm³/mol. The number of carbonyl (C=O) groups excluding carboxylic acids is 3. The van der Waals surface area contributed by atoms with Crippen molar-refractivity contribution in [2.45, 2.75) is 19.0 Å². The summed E-state index contributed by atoms with van der Waals surface area (Å²) in [6.45, 7) is 2.37. The fraction of sp³-hybridized carbons (Fsp3) is 0.250. The summed E-state index contributed by atoms with van der Waals surface area (Å²) < 4.78 is 17.1. The molecule has 2 heterocycles. The molecule has 5 rings (SSSR count). The van der Waals surface area contributed by atoms with Crippen molar-refractivity contribution in [1.29, 1.82) is 0 Å². The molecule has 3 atom stereocenters. The summed E-state index contributed by atoms with van der Waals surface area (Å²) >= 11 is 3.40. The van der Waals surface area contributed by atoms with E-state index >= 15 is 0 Å². The lowest BCUT2D eigenvalue weighted by Gasteiger charge is -2.26. The number of hydrogen-bond acceptors (Lipinski definition) is 7. The summed E-state index contributed by atoms with van der Waals surface area (Å²) in [6.07, 6.45) is 0. The maximum Gasteiger partial charge on any atom is 0.268 e. The van der Waals surface area contributed by atoms with Crippen molar-refractivity contribution < 1.29 is 28.6 Å². The van der Waals surface area contributed by atoms with E-state index in [0.29, 0.717) is 40.7 Å². The molecule has 0 radical (unpaired) electrons. The van der Waals surface area contributed by atoms with Crippen LogP contribution in [0.1, 0.15) is 28.9 Å². The third-order valence-corrected chi connectivity index (χ3v) is 7.20. The van der Waals surface area contributed by atoms with E-state index in [-0.39, 0.29) is 0 Å². The molecule has 196 valence electrons. The topological polar surface area (TPSA) is 97.4 Å². The second-order valence-electron chi connectivity index (χ2n) is 8.81. The minimum absolute atomic E-state index is 0.368. The Morgan fingerprint density at radius 3 is 2.34 bits per heavy atom. The average molecular weight is 580 g/mol. The molecule has 2 fully saturated rings. The second kappa shape index (κ2) is 10.5. The SMILES string of the molecule is CCOc1ccc(N2C(=O)[C@@H]3[C@H](c4ccc(OC)cc4OC)NN(C(=O)c4cccc(Br)c4)[C@H]3C2=O)cc1. The van der Waals surface area contributed by atoms with Crippen molar-refractivity contribution in [3.8, 4) is 17.2 Å². The summed E-state index contributed by atoms with van der Waals surface area (Å²) in [4.78, 5) is 42.6. The minimum atomic E-state index is -1.06. The Balaban J connectivity index is 1.58. The highest BCUT2D eigenvalue weighted by atomic mass is 79.9. The summed E-state index contributed by atoms with van der Waals surface area (Å²) in [5, 5.41) is 1.27. The van der Waals surface area contributed by atoms with Crippen molar-refractivity contribution in [2.75, 3.05) is 25.7 Å². The Bertz CT molecular complexity index is 1400. The van der Waals surface area contributed by atoms with Gasteiger partial charge in [0.2, 0.25) is 5.91 Å².